The molecule has 3 rings (SSSR count). The minimum absolute atomic E-state index is 0.00618. The summed E-state index contributed by atoms with van der Waals surface area (Å²) in [5.41, 5.74) is 6.34. The van der Waals surface area contributed by atoms with Gasteiger partial charge >= 0.3 is 6.18 Å². The predicted octanol–water partition coefficient (Wildman–Crippen LogP) is 2.76. The number of hydrogen-bond acceptors (Lipinski definition) is 6. The lowest BCUT2D eigenvalue weighted by molar-refractivity contribution is -0.138. The van der Waals surface area contributed by atoms with Crippen LogP contribution < -0.4 is 22.0 Å². The Labute approximate surface area is 169 Å². The molecular formula is C18H20ClF3N6O. The highest BCUT2D eigenvalue weighted by atomic mass is 35.5. The summed E-state index contributed by atoms with van der Waals surface area (Å²) < 4.78 is 40.1. The molecule has 1 aliphatic rings. The van der Waals surface area contributed by atoms with Gasteiger partial charge in [0.2, 0.25) is 0 Å². The van der Waals surface area contributed by atoms with E-state index in [0.717, 1.165) is 6.07 Å². The van der Waals surface area contributed by atoms with Crippen molar-refractivity contribution in [1.82, 2.24) is 15.2 Å². The third kappa shape index (κ3) is 4.18. The van der Waals surface area contributed by atoms with Gasteiger partial charge in [-0.15, -0.1) is 0 Å². The maximum Gasteiger partial charge on any atom is 0.416 e. The van der Waals surface area contributed by atoms with E-state index < -0.39 is 23.3 Å². The smallest absolute Gasteiger partial charge is 0.399 e. The molecule has 0 aliphatic carbocycles. The normalized spacial score (nSPS) is 16.1. The van der Waals surface area contributed by atoms with Crippen LogP contribution in [0.25, 0.3) is 0 Å². The minimum Gasteiger partial charge on any atom is -0.399 e. The fourth-order valence-corrected chi connectivity index (χ4v) is 3.59. The first-order valence-electron chi connectivity index (χ1n) is 8.77. The first-order valence-corrected chi connectivity index (χ1v) is 9.14. The maximum absolute atomic E-state index is 13.4. The van der Waals surface area contributed by atoms with E-state index >= 15 is 0 Å². The lowest BCUT2D eigenvalue weighted by Crippen LogP contribution is -2.43. The highest BCUT2D eigenvalue weighted by Gasteiger charge is 2.35. The van der Waals surface area contributed by atoms with E-state index in [-0.39, 0.29) is 17.1 Å². The number of anilines is 1. The van der Waals surface area contributed by atoms with Crippen LogP contribution in [0.1, 0.15) is 30.5 Å². The van der Waals surface area contributed by atoms with Crippen LogP contribution in [0.15, 0.2) is 46.7 Å². The number of benzene rings is 1. The second-order valence-electron chi connectivity index (χ2n) is 6.71. The zero-order valence-corrected chi connectivity index (χ0v) is 16.3. The topological polar surface area (TPSA) is 104 Å². The van der Waals surface area contributed by atoms with Crippen LogP contribution in [0.5, 0.6) is 0 Å². The van der Waals surface area contributed by atoms with E-state index in [9.17, 15) is 18.0 Å². The molecule has 0 bridgehead atoms. The van der Waals surface area contributed by atoms with E-state index in [0.29, 0.717) is 30.0 Å². The van der Waals surface area contributed by atoms with Gasteiger partial charge in [-0.1, -0.05) is 29.8 Å². The fourth-order valence-electron chi connectivity index (χ4n) is 3.38. The number of nitrogens with zero attached hydrogens (tertiary/aromatic N) is 3. The third-order valence-electron chi connectivity index (χ3n) is 4.91. The number of aromatic nitrogens is 2. The van der Waals surface area contributed by atoms with Crippen LogP contribution in [0, 0.1) is 0 Å². The number of alkyl halides is 3. The molecule has 29 heavy (non-hydrogen) atoms. The van der Waals surface area contributed by atoms with E-state index in [1.54, 1.807) is 11.8 Å². The van der Waals surface area contributed by atoms with Gasteiger partial charge in [0.1, 0.15) is 5.02 Å². The Morgan fingerprint density at radius 3 is 2.69 bits per heavy atom. The van der Waals surface area contributed by atoms with Gasteiger partial charge in [-0.25, -0.2) is 10.9 Å². The van der Waals surface area contributed by atoms with Crippen molar-refractivity contribution in [2.45, 2.75) is 25.6 Å². The third-order valence-corrected chi connectivity index (χ3v) is 5.28. The molecule has 1 unspecified atom stereocenters. The standard InChI is InChI=1S/C18H20ClF3N6O/c1-10(11-4-2-3-5-12(11)18(20,21)22)28(24)14-6-7-27(9-13(14)23)15-8-25-26-17(29)16(15)19/h2-5,8,10H,6-7,9,23-24H2,1H3,(H,26,29). The Hall–Kier alpha value is -2.72. The molecule has 2 heterocycles. The lowest BCUT2D eigenvalue weighted by Gasteiger charge is -2.37. The molecule has 11 heteroatoms. The number of nitrogens with one attached hydrogen (secondary N) is 1. The Morgan fingerprint density at radius 2 is 2.03 bits per heavy atom. The maximum atomic E-state index is 13.4. The molecule has 0 radical (unpaired) electrons. The van der Waals surface area contributed by atoms with Crippen molar-refractivity contribution in [2.75, 3.05) is 18.0 Å². The van der Waals surface area contributed by atoms with Crippen molar-refractivity contribution >= 4 is 17.3 Å². The van der Waals surface area contributed by atoms with Crippen LogP contribution in [-0.4, -0.2) is 28.3 Å². The van der Waals surface area contributed by atoms with Crippen molar-refractivity contribution in [3.05, 3.63) is 68.4 Å². The quantitative estimate of drug-likeness (QED) is 0.511. The molecule has 7 nitrogen and oxygen atoms in total. The summed E-state index contributed by atoms with van der Waals surface area (Å²) in [7, 11) is 0. The first-order chi connectivity index (χ1) is 13.6. The summed E-state index contributed by atoms with van der Waals surface area (Å²) >= 11 is 6.04. The zero-order chi connectivity index (χ0) is 21.3. The minimum atomic E-state index is -4.49. The second-order valence-corrected chi connectivity index (χ2v) is 7.09. The van der Waals surface area contributed by atoms with Crippen molar-refractivity contribution in [3.8, 4) is 0 Å². The van der Waals surface area contributed by atoms with Gasteiger partial charge in [0, 0.05) is 18.7 Å². The van der Waals surface area contributed by atoms with Gasteiger partial charge in [0.25, 0.3) is 5.56 Å². The highest BCUT2D eigenvalue weighted by molar-refractivity contribution is 6.33. The number of halogens is 4. The molecule has 2 aromatic rings. The number of hydrazine groups is 1. The van der Waals surface area contributed by atoms with E-state index in [2.05, 4.69) is 10.2 Å². The number of rotatable bonds is 4. The van der Waals surface area contributed by atoms with Crippen LogP contribution in [-0.2, 0) is 6.18 Å². The van der Waals surface area contributed by atoms with Crippen LogP contribution in [0.4, 0.5) is 18.9 Å². The molecule has 5 N–H and O–H groups in total. The average molecular weight is 429 g/mol. The van der Waals surface area contributed by atoms with Gasteiger partial charge in [-0.05, 0) is 18.6 Å². The van der Waals surface area contributed by atoms with Crippen LogP contribution in [0.2, 0.25) is 5.02 Å². The first kappa shape index (κ1) is 21.0. The van der Waals surface area contributed by atoms with Gasteiger partial charge in [-0.2, -0.15) is 18.3 Å². The van der Waals surface area contributed by atoms with E-state index in [1.165, 1.54) is 29.4 Å². The second kappa shape index (κ2) is 7.96. The van der Waals surface area contributed by atoms with Crippen LogP contribution >= 0.6 is 11.6 Å². The van der Waals surface area contributed by atoms with E-state index in [1.807, 2.05) is 0 Å². The Bertz CT molecular complexity index is 990. The monoisotopic (exact) mass is 428 g/mol. The number of hydrogen-bond donors (Lipinski definition) is 3. The summed E-state index contributed by atoms with van der Waals surface area (Å²) in [5, 5.41) is 7.24. The summed E-state index contributed by atoms with van der Waals surface area (Å²) in [6.07, 6.45) is -2.70. The molecule has 0 amide bonds. The number of nitrogens with two attached hydrogens (primary N) is 2. The number of H-pyrrole nitrogens is 1. The predicted molar refractivity (Wildman–Crippen MR) is 104 cm³/mol. The van der Waals surface area contributed by atoms with Crippen molar-refractivity contribution in [3.63, 3.8) is 0 Å². The summed E-state index contributed by atoms with van der Waals surface area (Å²) in [4.78, 5) is 13.4. The largest absolute Gasteiger partial charge is 0.416 e. The molecule has 1 aliphatic heterocycles. The van der Waals surface area contributed by atoms with Gasteiger partial charge in [0.15, 0.2) is 0 Å². The SMILES string of the molecule is CC(c1ccccc1C(F)(F)F)N(N)C1=C(N)CN(c2cn[nH]c(=O)c2Cl)CC1. The summed E-state index contributed by atoms with van der Waals surface area (Å²) in [5.74, 6) is 6.18. The molecule has 0 spiro atoms. The number of aromatic amines is 1. The summed E-state index contributed by atoms with van der Waals surface area (Å²) in [6, 6.07) is 4.56. The Morgan fingerprint density at radius 1 is 1.34 bits per heavy atom. The molecule has 1 atom stereocenters. The van der Waals surface area contributed by atoms with Crippen molar-refractivity contribution < 1.29 is 13.2 Å². The molecule has 1 aromatic heterocycles. The average Bonchev–Trinajstić information content (AvgIpc) is 2.68. The van der Waals surface area contributed by atoms with Crippen molar-refractivity contribution in [1.29, 1.82) is 0 Å². The zero-order valence-electron chi connectivity index (χ0n) is 15.5. The molecule has 0 saturated carbocycles. The van der Waals surface area contributed by atoms with Crippen molar-refractivity contribution in [2.24, 2.45) is 11.6 Å². The van der Waals surface area contributed by atoms with Crippen LogP contribution in [0.3, 0.4) is 0 Å². The molecule has 156 valence electrons. The lowest BCUT2D eigenvalue weighted by atomic mass is 9.99. The molecule has 1 aromatic carbocycles. The van der Waals surface area contributed by atoms with E-state index in [4.69, 9.17) is 23.2 Å². The molecular weight excluding hydrogens is 409 g/mol. The summed E-state index contributed by atoms with van der Waals surface area (Å²) in [6.45, 7) is 2.22. The molecule has 0 fully saturated rings. The van der Waals surface area contributed by atoms with Gasteiger partial charge < -0.3 is 15.6 Å². The Balaban J connectivity index is 1.86. The Kier molecular flexibility index (Phi) is 5.76. The highest BCUT2D eigenvalue weighted by Crippen LogP contribution is 2.37. The fraction of sp³-hybridized carbons (Fsp3) is 0.333. The molecule has 0 saturated heterocycles. The van der Waals surface area contributed by atoms with Gasteiger partial charge in [0.05, 0.1) is 35.7 Å². The van der Waals surface area contributed by atoms with Gasteiger partial charge in [-0.3, -0.25) is 4.79 Å².